The lowest BCUT2D eigenvalue weighted by molar-refractivity contribution is 0.101. The number of Topliss-reactive ketones (excluding diaryl/α,β-unsaturated/α-hetero) is 1. The Labute approximate surface area is 87.3 Å². The fraction of sp³-hybridized carbons (Fsp3) is 0.300. The zero-order chi connectivity index (χ0) is 10.6. The Kier molecular flexibility index (Phi) is 3.92. The number of carbonyl (C=O) groups is 1. The standard InChI is InChI=1S/C10H11ClO3/c1-7(13)9-6-8(11)2-3-10(9)14-5-4-12/h2-3,6,12H,4-5H2,1H3. The van der Waals surface area contributed by atoms with E-state index in [2.05, 4.69) is 0 Å². The molecule has 0 aliphatic rings. The molecule has 0 heterocycles. The van der Waals surface area contributed by atoms with Gasteiger partial charge in [-0.15, -0.1) is 0 Å². The molecular weight excluding hydrogens is 204 g/mol. The van der Waals surface area contributed by atoms with E-state index in [1.807, 2.05) is 0 Å². The first kappa shape index (κ1) is 11.0. The van der Waals surface area contributed by atoms with E-state index < -0.39 is 0 Å². The summed E-state index contributed by atoms with van der Waals surface area (Å²) < 4.78 is 5.17. The SMILES string of the molecule is CC(=O)c1cc(Cl)ccc1OCCO. The van der Waals surface area contributed by atoms with E-state index in [9.17, 15) is 4.79 Å². The van der Waals surface area contributed by atoms with Gasteiger partial charge in [0.25, 0.3) is 0 Å². The quantitative estimate of drug-likeness (QED) is 0.779. The van der Waals surface area contributed by atoms with Crippen LogP contribution in [0.5, 0.6) is 5.75 Å². The number of rotatable bonds is 4. The van der Waals surface area contributed by atoms with Crippen molar-refractivity contribution in [1.29, 1.82) is 0 Å². The number of carbonyl (C=O) groups excluding carboxylic acids is 1. The Morgan fingerprint density at radius 1 is 1.57 bits per heavy atom. The first-order valence-corrected chi connectivity index (χ1v) is 4.57. The number of hydrogen-bond donors (Lipinski definition) is 1. The summed E-state index contributed by atoms with van der Waals surface area (Å²) in [4.78, 5) is 11.2. The number of hydrogen-bond acceptors (Lipinski definition) is 3. The average Bonchev–Trinajstić information content (AvgIpc) is 2.15. The zero-order valence-corrected chi connectivity index (χ0v) is 8.54. The maximum absolute atomic E-state index is 11.2. The molecule has 1 N–H and O–H groups in total. The van der Waals surface area contributed by atoms with Gasteiger partial charge < -0.3 is 9.84 Å². The van der Waals surface area contributed by atoms with Gasteiger partial charge in [0, 0.05) is 5.02 Å². The molecule has 0 saturated carbocycles. The smallest absolute Gasteiger partial charge is 0.163 e. The molecule has 1 aromatic rings. The molecule has 0 bridgehead atoms. The molecule has 1 aromatic carbocycles. The van der Waals surface area contributed by atoms with Crippen LogP contribution in [0.4, 0.5) is 0 Å². The summed E-state index contributed by atoms with van der Waals surface area (Å²) in [7, 11) is 0. The highest BCUT2D eigenvalue weighted by Gasteiger charge is 2.08. The lowest BCUT2D eigenvalue weighted by Gasteiger charge is -2.08. The van der Waals surface area contributed by atoms with Crippen LogP contribution in [0.2, 0.25) is 5.02 Å². The van der Waals surface area contributed by atoms with Crippen molar-refractivity contribution in [3.63, 3.8) is 0 Å². The second-order valence-corrected chi connectivity index (χ2v) is 3.21. The highest BCUT2D eigenvalue weighted by molar-refractivity contribution is 6.31. The molecule has 0 amide bonds. The van der Waals surface area contributed by atoms with Gasteiger partial charge in [0.05, 0.1) is 12.2 Å². The number of aliphatic hydroxyl groups is 1. The maximum atomic E-state index is 11.2. The minimum Gasteiger partial charge on any atom is -0.490 e. The molecule has 0 fully saturated rings. The van der Waals surface area contributed by atoms with Gasteiger partial charge in [-0.25, -0.2) is 0 Å². The molecule has 14 heavy (non-hydrogen) atoms. The van der Waals surface area contributed by atoms with Crippen molar-refractivity contribution in [1.82, 2.24) is 0 Å². The van der Waals surface area contributed by atoms with Gasteiger partial charge in [-0.05, 0) is 25.1 Å². The third kappa shape index (κ3) is 2.72. The van der Waals surface area contributed by atoms with E-state index in [0.717, 1.165) is 0 Å². The molecule has 4 heteroatoms. The number of halogens is 1. The molecule has 0 atom stereocenters. The van der Waals surface area contributed by atoms with Gasteiger partial charge in [-0.3, -0.25) is 4.79 Å². The van der Waals surface area contributed by atoms with Crippen molar-refractivity contribution in [3.05, 3.63) is 28.8 Å². The van der Waals surface area contributed by atoms with E-state index in [4.69, 9.17) is 21.4 Å². The molecule has 0 unspecified atom stereocenters. The summed E-state index contributed by atoms with van der Waals surface area (Å²) in [5, 5.41) is 9.07. The Balaban J connectivity index is 2.96. The molecule has 0 aliphatic heterocycles. The Hall–Kier alpha value is -1.06. The second kappa shape index (κ2) is 4.98. The lowest BCUT2D eigenvalue weighted by atomic mass is 10.1. The van der Waals surface area contributed by atoms with Gasteiger partial charge in [0.2, 0.25) is 0 Å². The van der Waals surface area contributed by atoms with E-state index in [-0.39, 0.29) is 19.0 Å². The van der Waals surface area contributed by atoms with Crippen LogP contribution in [0.15, 0.2) is 18.2 Å². The molecule has 0 aliphatic carbocycles. The number of ether oxygens (including phenoxy) is 1. The highest BCUT2D eigenvalue weighted by Crippen LogP contribution is 2.23. The summed E-state index contributed by atoms with van der Waals surface area (Å²) in [6.45, 7) is 1.53. The van der Waals surface area contributed by atoms with Crippen LogP contribution in [-0.4, -0.2) is 24.1 Å². The Morgan fingerprint density at radius 2 is 2.29 bits per heavy atom. The minimum absolute atomic E-state index is 0.0834. The van der Waals surface area contributed by atoms with Crippen LogP contribution < -0.4 is 4.74 Å². The van der Waals surface area contributed by atoms with Crippen LogP contribution in [0.25, 0.3) is 0 Å². The van der Waals surface area contributed by atoms with Crippen molar-refractivity contribution < 1.29 is 14.6 Å². The molecule has 0 aromatic heterocycles. The summed E-state index contributed by atoms with van der Waals surface area (Å²) in [5.74, 6) is 0.344. The fourth-order valence-electron chi connectivity index (χ4n) is 1.06. The monoisotopic (exact) mass is 214 g/mol. The maximum Gasteiger partial charge on any atom is 0.163 e. The normalized spacial score (nSPS) is 9.93. The van der Waals surface area contributed by atoms with Crippen molar-refractivity contribution in [2.24, 2.45) is 0 Å². The van der Waals surface area contributed by atoms with E-state index >= 15 is 0 Å². The van der Waals surface area contributed by atoms with Crippen LogP contribution in [0.3, 0.4) is 0 Å². The molecule has 1 rings (SSSR count). The Bertz CT molecular complexity index is 336. The van der Waals surface area contributed by atoms with Crippen LogP contribution in [0, 0.1) is 0 Å². The van der Waals surface area contributed by atoms with E-state index in [1.54, 1.807) is 18.2 Å². The van der Waals surface area contributed by atoms with Crippen molar-refractivity contribution in [2.75, 3.05) is 13.2 Å². The van der Waals surface area contributed by atoms with E-state index in [1.165, 1.54) is 6.92 Å². The second-order valence-electron chi connectivity index (χ2n) is 2.77. The molecular formula is C10H11ClO3. The first-order valence-electron chi connectivity index (χ1n) is 4.19. The number of aliphatic hydroxyl groups excluding tert-OH is 1. The summed E-state index contributed by atoms with van der Waals surface area (Å²) in [5.41, 5.74) is 0.436. The summed E-state index contributed by atoms with van der Waals surface area (Å²) >= 11 is 5.74. The molecule has 76 valence electrons. The molecule has 3 nitrogen and oxygen atoms in total. The topological polar surface area (TPSA) is 46.5 Å². The average molecular weight is 215 g/mol. The number of benzene rings is 1. The van der Waals surface area contributed by atoms with E-state index in [0.29, 0.717) is 16.3 Å². The summed E-state index contributed by atoms with van der Waals surface area (Å²) in [6.07, 6.45) is 0. The van der Waals surface area contributed by atoms with Crippen molar-refractivity contribution >= 4 is 17.4 Å². The predicted octanol–water partition coefficient (Wildman–Crippen LogP) is 1.91. The predicted molar refractivity (Wildman–Crippen MR) is 54.0 cm³/mol. The highest BCUT2D eigenvalue weighted by atomic mass is 35.5. The lowest BCUT2D eigenvalue weighted by Crippen LogP contribution is -2.05. The van der Waals surface area contributed by atoms with Gasteiger partial charge in [-0.2, -0.15) is 0 Å². The van der Waals surface area contributed by atoms with Crippen LogP contribution in [0.1, 0.15) is 17.3 Å². The van der Waals surface area contributed by atoms with Gasteiger partial charge >= 0.3 is 0 Å². The third-order valence-electron chi connectivity index (χ3n) is 1.67. The van der Waals surface area contributed by atoms with Crippen LogP contribution >= 0.6 is 11.6 Å². The van der Waals surface area contributed by atoms with Crippen molar-refractivity contribution in [2.45, 2.75) is 6.92 Å². The van der Waals surface area contributed by atoms with Crippen molar-refractivity contribution in [3.8, 4) is 5.75 Å². The molecule has 0 radical (unpaired) electrons. The largest absolute Gasteiger partial charge is 0.490 e. The van der Waals surface area contributed by atoms with Gasteiger partial charge in [0.15, 0.2) is 5.78 Å². The zero-order valence-electron chi connectivity index (χ0n) is 7.79. The Morgan fingerprint density at radius 3 is 2.86 bits per heavy atom. The van der Waals surface area contributed by atoms with Gasteiger partial charge in [-0.1, -0.05) is 11.6 Å². The van der Waals surface area contributed by atoms with Gasteiger partial charge in [0.1, 0.15) is 12.4 Å². The minimum atomic E-state index is -0.111. The third-order valence-corrected chi connectivity index (χ3v) is 1.90. The molecule has 0 spiro atoms. The molecule has 0 saturated heterocycles. The van der Waals surface area contributed by atoms with Crippen LogP contribution in [-0.2, 0) is 0 Å². The number of ketones is 1. The fourth-order valence-corrected chi connectivity index (χ4v) is 1.23. The summed E-state index contributed by atoms with van der Waals surface area (Å²) in [6, 6.07) is 4.81. The first-order chi connectivity index (χ1) is 6.65.